The van der Waals surface area contributed by atoms with Gasteiger partial charge in [-0.05, 0) is 54.2 Å². The molecule has 1 atom stereocenters. The minimum atomic E-state index is -0.619. The number of aliphatic hydroxyl groups excluding tert-OH is 1. The van der Waals surface area contributed by atoms with Crippen molar-refractivity contribution in [3.63, 3.8) is 0 Å². The van der Waals surface area contributed by atoms with Gasteiger partial charge in [-0.3, -0.25) is 0 Å². The SMILES string of the molecule is COCC(O)COc1ccc(C(C)(C)c2ccc(OCC3CC3)cc2)cc1. The first kappa shape index (κ1) is 19.7. The molecule has 146 valence electrons. The lowest BCUT2D eigenvalue weighted by Crippen LogP contribution is -2.22. The Labute approximate surface area is 162 Å². The molecule has 0 aromatic heterocycles. The summed E-state index contributed by atoms with van der Waals surface area (Å²) in [5.41, 5.74) is 2.33. The number of methoxy groups -OCH3 is 1. The van der Waals surface area contributed by atoms with Gasteiger partial charge in [0.05, 0.1) is 13.2 Å². The Kier molecular flexibility index (Phi) is 6.40. The van der Waals surface area contributed by atoms with Gasteiger partial charge in [-0.15, -0.1) is 0 Å². The maximum atomic E-state index is 9.68. The van der Waals surface area contributed by atoms with E-state index >= 15 is 0 Å². The molecular weight excluding hydrogens is 340 g/mol. The van der Waals surface area contributed by atoms with Crippen molar-refractivity contribution in [1.82, 2.24) is 0 Å². The summed E-state index contributed by atoms with van der Waals surface area (Å²) in [6.07, 6.45) is 1.98. The molecule has 4 nitrogen and oxygen atoms in total. The molecule has 0 amide bonds. The molecule has 0 spiro atoms. The van der Waals surface area contributed by atoms with Crippen molar-refractivity contribution >= 4 is 0 Å². The van der Waals surface area contributed by atoms with Gasteiger partial charge in [0, 0.05) is 12.5 Å². The van der Waals surface area contributed by atoms with E-state index in [2.05, 4.69) is 50.2 Å². The molecule has 0 heterocycles. The molecule has 2 aromatic carbocycles. The summed E-state index contributed by atoms with van der Waals surface area (Å²) in [6, 6.07) is 16.5. The third-order valence-corrected chi connectivity index (χ3v) is 5.14. The molecule has 0 bridgehead atoms. The van der Waals surface area contributed by atoms with Gasteiger partial charge in [0.25, 0.3) is 0 Å². The molecule has 2 aromatic rings. The van der Waals surface area contributed by atoms with Crippen molar-refractivity contribution in [2.75, 3.05) is 26.9 Å². The van der Waals surface area contributed by atoms with Gasteiger partial charge in [-0.25, -0.2) is 0 Å². The maximum Gasteiger partial charge on any atom is 0.119 e. The van der Waals surface area contributed by atoms with Crippen molar-refractivity contribution in [2.24, 2.45) is 5.92 Å². The largest absolute Gasteiger partial charge is 0.493 e. The summed E-state index contributed by atoms with van der Waals surface area (Å²) in [4.78, 5) is 0. The number of benzene rings is 2. The van der Waals surface area contributed by atoms with Crippen molar-refractivity contribution in [2.45, 2.75) is 38.2 Å². The highest BCUT2D eigenvalue weighted by atomic mass is 16.5. The molecule has 0 aliphatic heterocycles. The molecule has 3 rings (SSSR count). The molecule has 27 heavy (non-hydrogen) atoms. The molecule has 0 saturated heterocycles. The van der Waals surface area contributed by atoms with Crippen LogP contribution < -0.4 is 9.47 Å². The second-order valence-electron chi connectivity index (χ2n) is 7.85. The van der Waals surface area contributed by atoms with E-state index in [-0.39, 0.29) is 18.6 Å². The van der Waals surface area contributed by atoms with Gasteiger partial charge in [0.15, 0.2) is 0 Å². The van der Waals surface area contributed by atoms with Crippen LogP contribution in [0.1, 0.15) is 37.8 Å². The second-order valence-corrected chi connectivity index (χ2v) is 7.85. The van der Waals surface area contributed by atoms with Gasteiger partial charge in [0.2, 0.25) is 0 Å². The van der Waals surface area contributed by atoms with Crippen molar-refractivity contribution in [1.29, 1.82) is 0 Å². The summed E-state index contributed by atoms with van der Waals surface area (Å²) in [6.45, 7) is 5.75. The van der Waals surface area contributed by atoms with E-state index in [4.69, 9.17) is 14.2 Å². The number of hydrogen-bond donors (Lipinski definition) is 1. The topological polar surface area (TPSA) is 47.9 Å². The van der Waals surface area contributed by atoms with E-state index in [0.717, 1.165) is 24.0 Å². The van der Waals surface area contributed by atoms with Crippen LogP contribution in [-0.4, -0.2) is 38.1 Å². The number of aliphatic hydroxyl groups is 1. The molecular formula is C23H30O4. The zero-order valence-corrected chi connectivity index (χ0v) is 16.5. The van der Waals surface area contributed by atoms with E-state index in [0.29, 0.717) is 0 Å². The molecule has 1 fully saturated rings. The van der Waals surface area contributed by atoms with E-state index in [1.165, 1.54) is 24.0 Å². The average Bonchev–Trinajstić information content (AvgIpc) is 3.50. The van der Waals surface area contributed by atoms with Crippen LogP contribution >= 0.6 is 0 Å². The number of hydrogen-bond acceptors (Lipinski definition) is 4. The average molecular weight is 370 g/mol. The summed E-state index contributed by atoms with van der Waals surface area (Å²) in [5, 5.41) is 9.68. The number of rotatable bonds is 10. The summed E-state index contributed by atoms with van der Waals surface area (Å²) in [5.74, 6) is 2.45. The van der Waals surface area contributed by atoms with Gasteiger partial charge in [0.1, 0.15) is 24.2 Å². The lowest BCUT2D eigenvalue weighted by atomic mass is 9.78. The Bertz CT molecular complexity index is 702. The van der Waals surface area contributed by atoms with Crippen LogP contribution in [0.3, 0.4) is 0 Å². The first-order valence-corrected chi connectivity index (χ1v) is 9.62. The van der Waals surface area contributed by atoms with E-state index in [1.54, 1.807) is 7.11 Å². The summed E-state index contributed by atoms with van der Waals surface area (Å²) in [7, 11) is 1.56. The fourth-order valence-electron chi connectivity index (χ4n) is 3.03. The second kappa shape index (κ2) is 8.77. The smallest absolute Gasteiger partial charge is 0.119 e. The number of ether oxygens (including phenoxy) is 3. The molecule has 0 radical (unpaired) electrons. The monoisotopic (exact) mass is 370 g/mol. The molecule has 1 aliphatic carbocycles. The normalized spacial score (nSPS) is 15.4. The molecule has 4 heteroatoms. The standard InChI is InChI=1S/C23H30O4/c1-23(2,18-6-10-21(11-7-18)26-14-17-4-5-17)19-8-12-22(13-9-19)27-16-20(24)15-25-3/h6-13,17,20,24H,4-5,14-16H2,1-3H3. The van der Waals surface area contributed by atoms with Crippen LogP contribution in [0, 0.1) is 5.92 Å². The molecule has 1 unspecified atom stereocenters. The minimum Gasteiger partial charge on any atom is -0.493 e. The van der Waals surface area contributed by atoms with E-state index < -0.39 is 6.10 Å². The maximum absolute atomic E-state index is 9.68. The van der Waals surface area contributed by atoms with E-state index in [1.807, 2.05) is 12.1 Å². The summed E-state index contributed by atoms with van der Waals surface area (Å²) < 4.78 is 16.4. The van der Waals surface area contributed by atoms with Crippen molar-refractivity contribution in [3.8, 4) is 11.5 Å². The Morgan fingerprint density at radius 3 is 1.89 bits per heavy atom. The quantitative estimate of drug-likeness (QED) is 0.681. The zero-order valence-electron chi connectivity index (χ0n) is 16.5. The van der Waals surface area contributed by atoms with Crippen LogP contribution in [0.4, 0.5) is 0 Å². The fourth-order valence-corrected chi connectivity index (χ4v) is 3.03. The minimum absolute atomic E-state index is 0.122. The first-order valence-electron chi connectivity index (χ1n) is 9.62. The van der Waals surface area contributed by atoms with E-state index in [9.17, 15) is 5.11 Å². The lowest BCUT2D eigenvalue weighted by molar-refractivity contribution is 0.0325. The molecule has 1 aliphatic rings. The summed E-state index contributed by atoms with van der Waals surface area (Å²) >= 11 is 0. The van der Waals surface area contributed by atoms with Crippen LogP contribution in [0.2, 0.25) is 0 Å². The fraction of sp³-hybridized carbons (Fsp3) is 0.478. The Morgan fingerprint density at radius 2 is 1.41 bits per heavy atom. The Hall–Kier alpha value is -2.04. The van der Waals surface area contributed by atoms with Crippen LogP contribution in [-0.2, 0) is 10.2 Å². The van der Waals surface area contributed by atoms with Crippen LogP contribution in [0.15, 0.2) is 48.5 Å². The van der Waals surface area contributed by atoms with Gasteiger partial charge < -0.3 is 19.3 Å². The first-order chi connectivity index (χ1) is 13.0. The van der Waals surface area contributed by atoms with Gasteiger partial charge in [-0.2, -0.15) is 0 Å². The predicted molar refractivity (Wildman–Crippen MR) is 107 cm³/mol. The van der Waals surface area contributed by atoms with Gasteiger partial charge >= 0.3 is 0 Å². The highest BCUT2D eigenvalue weighted by Gasteiger charge is 2.24. The Morgan fingerprint density at radius 1 is 0.889 bits per heavy atom. The third kappa shape index (κ3) is 5.47. The highest BCUT2D eigenvalue weighted by Crippen LogP contribution is 2.34. The van der Waals surface area contributed by atoms with Gasteiger partial charge in [-0.1, -0.05) is 38.1 Å². The lowest BCUT2D eigenvalue weighted by Gasteiger charge is -2.26. The third-order valence-electron chi connectivity index (χ3n) is 5.14. The predicted octanol–water partition coefficient (Wildman–Crippen LogP) is 4.19. The van der Waals surface area contributed by atoms with Crippen LogP contribution in [0.25, 0.3) is 0 Å². The molecule has 1 N–H and O–H groups in total. The highest BCUT2D eigenvalue weighted by molar-refractivity contribution is 5.41. The van der Waals surface area contributed by atoms with Crippen molar-refractivity contribution in [3.05, 3.63) is 59.7 Å². The van der Waals surface area contributed by atoms with Crippen molar-refractivity contribution < 1.29 is 19.3 Å². The molecule has 1 saturated carbocycles. The zero-order chi connectivity index (χ0) is 19.3. The Balaban J connectivity index is 1.61. The van der Waals surface area contributed by atoms with Crippen LogP contribution in [0.5, 0.6) is 11.5 Å².